The van der Waals surface area contributed by atoms with Crippen LogP contribution in [0.5, 0.6) is 5.88 Å². The van der Waals surface area contributed by atoms with Gasteiger partial charge < -0.3 is 15.4 Å². The number of carbonyl (C=O) groups excluding carboxylic acids is 1. The van der Waals surface area contributed by atoms with Crippen LogP contribution in [0, 0.1) is 0 Å². The van der Waals surface area contributed by atoms with E-state index in [4.69, 9.17) is 0 Å². The summed E-state index contributed by atoms with van der Waals surface area (Å²) in [5, 5.41) is 5.00. The topological polar surface area (TPSA) is 63.2 Å². The first-order valence-electron chi connectivity index (χ1n) is 6.13. The van der Waals surface area contributed by atoms with Gasteiger partial charge in [-0.1, -0.05) is 0 Å². The van der Waals surface area contributed by atoms with Crippen molar-refractivity contribution in [1.82, 2.24) is 15.6 Å². The Morgan fingerprint density at radius 2 is 2.30 bits per heavy atom. The van der Waals surface area contributed by atoms with Crippen molar-refractivity contribution < 1.29 is 22.7 Å². The van der Waals surface area contributed by atoms with E-state index >= 15 is 0 Å². The van der Waals surface area contributed by atoms with Crippen LogP contribution in [0.15, 0.2) is 18.3 Å². The molecule has 5 nitrogen and oxygen atoms in total. The van der Waals surface area contributed by atoms with Gasteiger partial charge in [0.2, 0.25) is 5.88 Å². The number of rotatable bonds is 5. The lowest BCUT2D eigenvalue weighted by Crippen LogP contribution is -2.51. The van der Waals surface area contributed by atoms with Gasteiger partial charge in [0, 0.05) is 18.8 Å². The maximum absolute atomic E-state index is 12.9. The van der Waals surface area contributed by atoms with Gasteiger partial charge in [0.05, 0.1) is 6.04 Å². The zero-order valence-electron chi connectivity index (χ0n) is 10.5. The lowest BCUT2D eigenvalue weighted by atomic mass is 9.91. The number of alkyl halides is 3. The molecule has 2 rings (SSSR count). The van der Waals surface area contributed by atoms with Crippen molar-refractivity contribution >= 4 is 6.03 Å². The summed E-state index contributed by atoms with van der Waals surface area (Å²) in [6.07, 6.45) is 1.39. The molecule has 0 saturated heterocycles. The van der Waals surface area contributed by atoms with Gasteiger partial charge in [-0.25, -0.2) is 14.2 Å². The first-order chi connectivity index (χ1) is 9.54. The molecule has 0 bridgehead atoms. The Kier molecular flexibility index (Phi) is 4.65. The third-order valence-electron chi connectivity index (χ3n) is 2.97. The molecule has 1 aliphatic carbocycles. The fourth-order valence-electron chi connectivity index (χ4n) is 1.74. The third-order valence-corrected chi connectivity index (χ3v) is 2.97. The standard InChI is InChI=1S/C12H14F3N3O2/c13-8-1-2-9(8)18-12(19)17-6-7-3-4-16-10(5-7)20-11(14)15/h3-5,8-9,11H,1-2,6H2,(H2,17,18,19). The summed E-state index contributed by atoms with van der Waals surface area (Å²) in [4.78, 5) is 15.1. The van der Waals surface area contributed by atoms with Crippen LogP contribution in [-0.2, 0) is 6.54 Å². The van der Waals surface area contributed by atoms with Gasteiger partial charge in [0.1, 0.15) is 6.17 Å². The van der Waals surface area contributed by atoms with E-state index in [2.05, 4.69) is 20.4 Å². The smallest absolute Gasteiger partial charge is 0.388 e. The minimum atomic E-state index is -2.95. The van der Waals surface area contributed by atoms with Crippen LogP contribution < -0.4 is 15.4 Å². The third kappa shape index (κ3) is 4.01. The maximum Gasteiger partial charge on any atom is 0.388 e. The van der Waals surface area contributed by atoms with Crippen LogP contribution in [0.25, 0.3) is 0 Å². The number of pyridine rings is 1. The molecule has 20 heavy (non-hydrogen) atoms. The molecule has 1 aliphatic rings. The largest absolute Gasteiger partial charge is 0.417 e. The average Bonchev–Trinajstić information content (AvgIpc) is 2.40. The molecule has 1 aromatic rings. The molecule has 110 valence electrons. The fourth-order valence-corrected chi connectivity index (χ4v) is 1.74. The highest BCUT2D eigenvalue weighted by Gasteiger charge is 2.31. The summed E-state index contributed by atoms with van der Waals surface area (Å²) in [6.45, 7) is -2.84. The molecule has 0 radical (unpaired) electrons. The van der Waals surface area contributed by atoms with Crippen molar-refractivity contribution in [2.24, 2.45) is 0 Å². The Morgan fingerprint density at radius 1 is 1.50 bits per heavy atom. The SMILES string of the molecule is O=C(NCc1ccnc(OC(F)F)c1)NC1CCC1F. The number of carbonyl (C=O) groups is 1. The number of nitrogens with zero attached hydrogens (tertiary/aromatic N) is 1. The quantitative estimate of drug-likeness (QED) is 0.871. The molecule has 2 N–H and O–H groups in total. The lowest BCUT2D eigenvalue weighted by Gasteiger charge is -2.30. The Balaban J connectivity index is 1.79. The molecule has 2 atom stereocenters. The highest BCUT2D eigenvalue weighted by atomic mass is 19.3. The van der Waals surface area contributed by atoms with Gasteiger partial charge in [-0.15, -0.1) is 0 Å². The van der Waals surface area contributed by atoms with Crippen molar-refractivity contribution in [3.05, 3.63) is 23.9 Å². The number of halogens is 3. The lowest BCUT2D eigenvalue weighted by molar-refractivity contribution is -0.0529. The van der Waals surface area contributed by atoms with Gasteiger partial charge in [0.25, 0.3) is 0 Å². The molecule has 8 heteroatoms. The number of hydrogen-bond acceptors (Lipinski definition) is 3. The van der Waals surface area contributed by atoms with Crippen LogP contribution >= 0.6 is 0 Å². The molecular formula is C12H14F3N3O2. The van der Waals surface area contributed by atoms with E-state index in [0.29, 0.717) is 18.4 Å². The summed E-state index contributed by atoms with van der Waals surface area (Å²) < 4.78 is 41.1. The highest BCUT2D eigenvalue weighted by Crippen LogP contribution is 2.22. The van der Waals surface area contributed by atoms with Crippen molar-refractivity contribution in [2.45, 2.75) is 38.2 Å². The second-order valence-electron chi connectivity index (χ2n) is 4.41. The monoisotopic (exact) mass is 289 g/mol. The van der Waals surface area contributed by atoms with Crippen LogP contribution in [-0.4, -0.2) is 29.8 Å². The predicted octanol–water partition coefficient (Wildman–Crippen LogP) is 1.98. The van der Waals surface area contributed by atoms with Crippen molar-refractivity contribution in [1.29, 1.82) is 0 Å². The van der Waals surface area contributed by atoms with Crippen molar-refractivity contribution in [2.75, 3.05) is 0 Å². The summed E-state index contributed by atoms with van der Waals surface area (Å²) in [6, 6.07) is 1.92. The van der Waals surface area contributed by atoms with E-state index in [1.54, 1.807) is 6.07 Å². The fraction of sp³-hybridized carbons (Fsp3) is 0.500. The van der Waals surface area contributed by atoms with Crippen molar-refractivity contribution in [3.63, 3.8) is 0 Å². The first-order valence-corrected chi connectivity index (χ1v) is 6.13. The van der Waals surface area contributed by atoms with E-state index in [1.807, 2.05) is 0 Å². The summed E-state index contributed by atoms with van der Waals surface area (Å²) in [5.74, 6) is -0.220. The predicted molar refractivity (Wildman–Crippen MR) is 64.2 cm³/mol. The summed E-state index contributed by atoms with van der Waals surface area (Å²) in [5.41, 5.74) is 0.552. The van der Waals surface area contributed by atoms with E-state index in [1.165, 1.54) is 12.3 Å². The molecular weight excluding hydrogens is 275 g/mol. The van der Waals surface area contributed by atoms with Gasteiger partial charge in [-0.2, -0.15) is 8.78 Å². The first kappa shape index (κ1) is 14.4. The number of nitrogens with one attached hydrogen (secondary N) is 2. The molecule has 2 amide bonds. The number of ether oxygens (including phenoxy) is 1. The Labute approximate surface area is 113 Å². The molecule has 1 saturated carbocycles. The van der Waals surface area contributed by atoms with E-state index in [0.717, 1.165) is 0 Å². The van der Waals surface area contributed by atoms with Gasteiger partial charge >= 0.3 is 12.6 Å². The van der Waals surface area contributed by atoms with Gasteiger partial charge in [0.15, 0.2) is 0 Å². The summed E-state index contributed by atoms with van der Waals surface area (Å²) >= 11 is 0. The number of urea groups is 1. The minimum absolute atomic E-state index is 0.109. The average molecular weight is 289 g/mol. The minimum Gasteiger partial charge on any atom is -0.417 e. The molecule has 2 unspecified atom stereocenters. The molecule has 1 heterocycles. The number of amides is 2. The van der Waals surface area contributed by atoms with Crippen LogP contribution in [0.1, 0.15) is 18.4 Å². The molecule has 0 aliphatic heterocycles. The second-order valence-corrected chi connectivity index (χ2v) is 4.41. The number of hydrogen-bond donors (Lipinski definition) is 2. The highest BCUT2D eigenvalue weighted by molar-refractivity contribution is 5.74. The molecule has 1 aromatic heterocycles. The zero-order valence-corrected chi connectivity index (χ0v) is 10.5. The summed E-state index contributed by atoms with van der Waals surface area (Å²) in [7, 11) is 0. The van der Waals surface area contributed by atoms with E-state index in [-0.39, 0.29) is 12.4 Å². The number of aromatic nitrogens is 1. The normalized spacial score (nSPS) is 21.2. The molecule has 1 fully saturated rings. The van der Waals surface area contributed by atoms with E-state index < -0.39 is 24.9 Å². The molecule has 0 spiro atoms. The van der Waals surface area contributed by atoms with E-state index in [9.17, 15) is 18.0 Å². The Bertz CT molecular complexity index is 473. The second kappa shape index (κ2) is 6.44. The van der Waals surface area contributed by atoms with Crippen LogP contribution in [0.4, 0.5) is 18.0 Å². The van der Waals surface area contributed by atoms with Crippen LogP contribution in [0.3, 0.4) is 0 Å². The van der Waals surface area contributed by atoms with Crippen LogP contribution in [0.2, 0.25) is 0 Å². The van der Waals surface area contributed by atoms with Gasteiger partial charge in [-0.05, 0) is 24.5 Å². The Hall–Kier alpha value is -1.99. The Morgan fingerprint density at radius 3 is 2.90 bits per heavy atom. The maximum atomic E-state index is 12.9. The van der Waals surface area contributed by atoms with Gasteiger partial charge in [-0.3, -0.25) is 0 Å². The molecule has 0 aromatic carbocycles. The zero-order chi connectivity index (χ0) is 14.5. The van der Waals surface area contributed by atoms with Crippen molar-refractivity contribution in [3.8, 4) is 5.88 Å².